The Balaban J connectivity index is 2.04. The lowest BCUT2D eigenvalue weighted by molar-refractivity contribution is -0.140. The number of carbonyl (C=O) groups excluding carboxylic acids is 2. The highest BCUT2D eigenvalue weighted by Gasteiger charge is 2.33. The topological polar surface area (TPSA) is 96.0 Å². The number of carbonyl (C=O) groups is 2. The molecule has 0 unspecified atom stereocenters. The van der Waals surface area contributed by atoms with E-state index in [0.29, 0.717) is 24.4 Å². The van der Waals surface area contributed by atoms with Gasteiger partial charge in [-0.15, -0.1) is 0 Å². The van der Waals surface area contributed by atoms with E-state index in [1.165, 1.54) is 17.0 Å². The second kappa shape index (κ2) is 14.5. The lowest BCUT2D eigenvalue weighted by Gasteiger charge is -2.33. The van der Waals surface area contributed by atoms with Gasteiger partial charge in [0.2, 0.25) is 11.8 Å². The molecule has 214 valence electrons. The third-order valence-electron chi connectivity index (χ3n) is 6.28. The maximum Gasteiger partial charge on any atom is 0.264 e. The summed E-state index contributed by atoms with van der Waals surface area (Å²) in [4.78, 5) is 28.9. The van der Waals surface area contributed by atoms with Crippen LogP contribution in [0.5, 0.6) is 5.75 Å². The van der Waals surface area contributed by atoms with Gasteiger partial charge in [-0.05, 0) is 89.0 Å². The number of anilines is 1. The maximum absolute atomic E-state index is 14.1. The normalized spacial score (nSPS) is 12.1. The van der Waals surface area contributed by atoms with Crippen LogP contribution in [0, 0.1) is 9.49 Å². The maximum atomic E-state index is 14.1. The quantitative estimate of drug-likeness (QED) is 0.255. The number of nitrogens with one attached hydrogen (secondary N) is 1. The van der Waals surface area contributed by atoms with Crippen molar-refractivity contribution < 1.29 is 22.7 Å². The van der Waals surface area contributed by atoms with Crippen LogP contribution in [-0.2, 0) is 26.2 Å². The summed E-state index contributed by atoms with van der Waals surface area (Å²) in [5.74, 6) is 0.0809. The van der Waals surface area contributed by atoms with E-state index in [2.05, 4.69) is 27.9 Å². The molecule has 0 aromatic heterocycles. The Hall–Kier alpha value is -3.12. The number of sulfonamides is 1. The minimum Gasteiger partial charge on any atom is -0.497 e. The molecule has 40 heavy (non-hydrogen) atoms. The predicted octanol–water partition coefficient (Wildman–Crippen LogP) is 5.07. The average Bonchev–Trinajstić information content (AvgIpc) is 2.95. The molecule has 3 aromatic carbocycles. The third kappa shape index (κ3) is 8.20. The first kappa shape index (κ1) is 31.4. The molecule has 3 aromatic rings. The van der Waals surface area contributed by atoms with Crippen LogP contribution < -0.4 is 14.4 Å². The lowest BCUT2D eigenvalue weighted by Crippen LogP contribution is -2.52. The van der Waals surface area contributed by atoms with Crippen molar-refractivity contribution in [1.82, 2.24) is 10.2 Å². The van der Waals surface area contributed by atoms with Crippen LogP contribution in [0.3, 0.4) is 0 Å². The number of hydrogen-bond acceptors (Lipinski definition) is 5. The van der Waals surface area contributed by atoms with Crippen molar-refractivity contribution in [2.75, 3.05) is 24.5 Å². The first-order valence-corrected chi connectivity index (χ1v) is 15.6. The molecule has 0 aliphatic heterocycles. The zero-order chi connectivity index (χ0) is 29.3. The largest absolute Gasteiger partial charge is 0.497 e. The van der Waals surface area contributed by atoms with E-state index in [-0.39, 0.29) is 23.3 Å². The molecular weight excluding hydrogens is 641 g/mol. The molecule has 8 nitrogen and oxygen atoms in total. The Bertz CT molecular complexity index is 1380. The summed E-state index contributed by atoms with van der Waals surface area (Å²) in [6.45, 7) is 5.92. The van der Waals surface area contributed by atoms with E-state index < -0.39 is 28.5 Å². The highest BCUT2D eigenvalue weighted by molar-refractivity contribution is 14.1. The van der Waals surface area contributed by atoms with Crippen molar-refractivity contribution in [3.63, 3.8) is 0 Å². The minimum atomic E-state index is -4.09. The molecule has 1 atom stereocenters. The van der Waals surface area contributed by atoms with Gasteiger partial charge in [0, 0.05) is 16.7 Å². The fourth-order valence-electron chi connectivity index (χ4n) is 4.17. The molecular formula is C30H36IN3O5S. The van der Waals surface area contributed by atoms with E-state index in [1.807, 2.05) is 32.9 Å². The number of halogens is 1. The first-order valence-electron chi connectivity index (χ1n) is 13.1. The molecule has 0 saturated heterocycles. The molecule has 10 heteroatoms. The number of nitrogens with zero attached hydrogens (tertiary/aromatic N) is 2. The predicted molar refractivity (Wildman–Crippen MR) is 166 cm³/mol. The van der Waals surface area contributed by atoms with Crippen LogP contribution >= 0.6 is 22.6 Å². The zero-order valence-corrected chi connectivity index (χ0v) is 26.2. The smallest absolute Gasteiger partial charge is 0.264 e. The van der Waals surface area contributed by atoms with Crippen molar-refractivity contribution in [2.45, 2.75) is 44.7 Å². The second-order valence-corrected chi connectivity index (χ2v) is 12.8. The van der Waals surface area contributed by atoms with E-state index in [9.17, 15) is 18.0 Å². The van der Waals surface area contributed by atoms with Crippen molar-refractivity contribution in [2.24, 2.45) is 5.92 Å². The van der Waals surface area contributed by atoms with Crippen molar-refractivity contribution >= 4 is 50.1 Å². The number of amides is 2. The first-order chi connectivity index (χ1) is 19.1. The van der Waals surface area contributed by atoms with Crippen LogP contribution in [-0.4, -0.2) is 51.4 Å². The minimum absolute atomic E-state index is 0.0717. The summed E-state index contributed by atoms with van der Waals surface area (Å²) in [7, 11) is -2.53. The summed E-state index contributed by atoms with van der Waals surface area (Å²) in [6.07, 6.45) is 0.356. The summed E-state index contributed by atoms with van der Waals surface area (Å²) in [6, 6.07) is 21.4. The summed E-state index contributed by atoms with van der Waals surface area (Å²) >= 11 is 2.14. The van der Waals surface area contributed by atoms with Crippen LogP contribution in [0.2, 0.25) is 0 Å². The summed E-state index contributed by atoms with van der Waals surface area (Å²) < 4.78 is 35.0. The molecule has 0 fully saturated rings. The molecule has 0 aliphatic rings. The second-order valence-electron chi connectivity index (χ2n) is 9.74. The van der Waals surface area contributed by atoms with Crippen LogP contribution in [0.1, 0.15) is 32.8 Å². The highest BCUT2D eigenvalue weighted by Crippen LogP contribution is 2.26. The average molecular weight is 678 g/mol. The van der Waals surface area contributed by atoms with Crippen LogP contribution in [0.25, 0.3) is 0 Å². The van der Waals surface area contributed by atoms with E-state index in [4.69, 9.17) is 4.74 Å². The Morgan fingerprint density at radius 1 is 0.975 bits per heavy atom. The Labute approximate surface area is 250 Å². The number of methoxy groups -OCH3 is 1. The SMILES string of the molecule is CC[C@H](C(=O)NCC(C)C)N(Cc1cccc(OC)c1)C(=O)CN(c1ccc(I)cc1)S(=O)(=O)c1ccccc1. The van der Waals surface area contributed by atoms with Gasteiger partial charge in [0.25, 0.3) is 10.0 Å². The number of hydrogen-bond donors (Lipinski definition) is 1. The summed E-state index contributed by atoms with van der Waals surface area (Å²) in [5, 5.41) is 2.93. The van der Waals surface area contributed by atoms with Gasteiger partial charge in [0.05, 0.1) is 17.7 Å². The van der Waals surface area contributed by atoms with Crippen molar-refractivity contribution in [3.05, 3.63) is 88.0 Å². The van der Waals surface area contributed by atoms with Crippen molar-refractivity contribution in [1.29, 1.82) is 0 Å². The Kier molecular flexibility index (Phi) is 11.4. The fraction of sp³-hybridized carbons (Fsp3) is 0.333. The molecule has 0 saturated carbocycles. The third-order valence-corrected chi connectivity index (χ3v) is 8.79. The van der Waals surface area contributed by atoms with Crippen molar-refractivity contribution in [3.8, 4) is 5.75 Å². The zero-order valence-electron chi connectivity index (χ0n) is 23.2. The fourth-order valence-corrected chi connectivity index (χ4v) is 5.96. The summed E-state index contributed by atoms with van der Waals surface area (Å²) in [5.41, 5.74) is 1.12. The van der Waals surface area contributed by atoms with E-state index in [1.54, 1.807) is 61.7 Å². The van der Waals surface area contributed by atoms with Gasteiger partial charge < -0.3 is 15.0 Å². The van der Waals surface area contributed by atoms with Gasteiger partial charge in [-0.1, -0.05) is 51.1 Å². The van der Waals surface area contributed by atoms with Gasteiger partial charge >= 0.3 is 0 Å². The molecule has 0 heterocycles. The Morgan fingerprint density at radius 3 is 2.25 bits per heavy atom. The van der Waals surface area contributed by atoms with E-state index >= 15 is 0 Å². The van der Waals surface area contributed by atoms with E-state index in [0.717, 1.165) is 13.4 Å². The monoisotopic (exact) mass is 677 g/mol. The van der Waals surface area contributed by atoms with Gasteiger partial charge in [-0.2, -0.15) is 0 Å². The molecule has 0 radical (unpaired) electrons. The molecule has 0 aliphatic carbocycles. The lowest BCUT2D eigenvalue weighted by atomic mass is 10.1. The number of ether oxygens (including phenoxy) is 1. The molecule has 3 rings (SSSR count). The number of benzene rings is 3. The Morgan fingerprint density at radius 2 is 1.65 bits per heavy atom. The standard InChI is InChI=1S/C30H36IN3O5S/c1-5-28(30(36)32-19-22(2)3)33(20-23-10-9-11-26(18-23)39-4)29(35)21-34(25-16-14-24(31)15-17-25)40(37,38)27-12-7-6-8-13-27/h6-18,22,28H,5,19-21H2,1-4H3,(H,32,36)/t28-/m1/s1. The highest BCUT2D eigenvalue weighted by atomic mass is 127. The van der Waals surface area contributed by atoms with Gasteiger partial charge in [-0.3, -0.25) is 13.9 Å². The molecule has 0 bridgehead atoms. The van der Waals surface area contributed by atoms with Gasteiger partial charge in [0.1, 0.15) is 18.3 Å². The number of rotatable bonds is 13. The van der Waals surface area contributed by atoms with Gasteiger partial charge in [-0.25, -0.2) is 8.42 Å². The van der Waals surface area contributed by atoms with Gasteiger partial charge in [0.15, 0.2) is 0 Å². The van der Waals surface area contributed by atoms with Crippen LogP contribution in [0.4, 0.5) is 5.69 Å². The molecule has 1 N–H and O–H groups in total. The van der Waals surface area contributed by atoms with Crippen LogP contribution in [0.15, 0.2) is 83.8 Å². The molecule has 2 amide bonds. The molecule has 0 spiro atoms.